The molecule has 4 heterocycles. The summed E-state index contributed by atoms with van der Waals surface area (Å²) >= 11 is 0. The zero-order valence-corrected chi connectivity index (χ0v) is 25.7. The average molecular weight is 622 g/mol. The van der Waals surface area contributed by atoms with Gasteiger partial charge in [0.2, 0.25) is 5.95 Å². The van der Waals surface area contributed by atoms with Gasteiger partial charge in [-0.05, 0) is 63.8 Å². The summed E-state index contributed by atoms with van der Waals surface area (Å²) in [6, 6.07) is 3.90. The highest BCUT2D eigenvalue weighted by Gasteiger charge is 2.26. The number of rotatable bonds is 9. The molecule has 0 atom stereocenters. The van der Waals surface area contributed by atoms with E-state index in [2.05, 4.69) is 47.7 Å². The van der Waals surface area contributed by atoms with E-state index in [4.69, 9.17) is 4.74 Å². The van der Waals surface area contributed by atoms with Crippen molar-refractivity contribution in [1.29, 1.82) is 0 Å². The van der Waals surface area contributed by atoms with Crippen LogP contribution in [0.1, 0.15) is 62.5 Å². The van der Waals surface area contributed by atoms with E-state index in [9.17, 15) is 9.59 Å². The van der Waals surface area contributed by atoms with E-state index in [0.717, 1.165) is 30.9 Å². The minimum atomic E-state index is -0.720. The summed E-state index contributed by atoms with van der Waals surface area (Å²) in [6.45, 7) is 8.97. The van der Waals surface area contributed by atoms with Crippen LogP contribution in [0.25, 0.3) is 11.0 Å². The lowest BCUT2D eigenvalue weighted by Gasteiger charge is -2.32. The molecule has 0 unspecified atom stereocenters. The van der Waals surface area contributed by atoms with Crippen LogP contribution in [0.5, 0.6) is 0 Å². The van der Waals surface area contributed by atoms with Crippen molar-refractivity contribution >= 4 is 40.5 Å². The molecule has 1 aliphatic rings. The summed E-state index contributed by atoms with van der Waals surface area (Å²) in [4.78, 5) is 43.8. The number of carbonyl (C=O) groups excluding carboxylic acids is 2. The van der Waals surface area contributed by atoms with Crippen LogP contribution in [0.3, 0.4) is 0 Å². The zero-order valence-electron chi connectivity index (χ0n) is 25.7. The van der Waals surface area contributed by atoms with E-state index < -0.39 is 29.2 Å². The van der Waals surface area contributed by atoms with Crippen molar-refractivity contribution in [2.24, 2.45) is 0 Å². The van der Waals surface area contributed by atoms with Crippen molar-refractivity contribution in [2.45, 2.75) is 58.6 Å². The van der Waals surface area contributed by atoms with Gasteiger partial charge in [-0.2, -0.15) is 0 Å². The number of ether oxygens (including phenoxy) is 1. The van der Waals surface area contributed by atoms with Crippen LogP contribution in [0.4, 0.5) is 31.0 Å². The van der Waals surface area contributed by atoms with Crippen molar-refractivity contribution in [3.63, 3.8) is 0 Å². The Kier molecular flexibility index (Phi) is 9.40. The van der Waals surface area contributed by atoms with E-state index >= 15 is 8.78 Å². The number of halogens is 2. The van der Waals surface area contributed by atoms with Crippen molar-refractivity contribution in [1.82, 2.24) is 35.1 Å². The smallest absolute Gasteiger partial charge is 0.407 e. The minimum absolute atomic E-state index is 0.000201. The summed E-state index contributed by atoms with van der Waals surface area (Å²) in [6.07, 6.45) is 8.17. The van der Waals surface area contributed by atoms with Crippen LogP contribution >= 0.6 is 0 Å². The van der Waals surface area contributed by atoms with Crippen molar-refractivity contribution in [3.05, 3.63) is 65.9 Å². The number of aryl methyl sites for hydroxylation is 1. The van der Waals surface area contributed by atoms with Crippen LogP contribution < -0.4 is 20.9 Å². The van der Waals surface area contributed by atoms with Crippen molar-refractivity contribution < 1.29 is 23.1 Å². The first kappa shape index (κ1) is 31.5. The third-order valence-electron chi connectivity index (χ3n) is 7.37. The molecule has 2 amide bonds. The fourth-order valence-corrected chi connectivity index (χ4v) is 5.09. The number of anilines is 3. The summed E-state index contributed by atoms with van der Waals surface area (Å²) < 4.78 is 37.4. The Morgan fingerprint density at radius 2 is 1.71 bits per heavy atom. The van der Waals surface area contributed by atoms with Gasteiger partial charge in [-0.15, -0.1) is 0 Å². The molecule has 0 bridgehead atoms. The number of hydrogen-bond acceptors (Lipinski definition) is 9. The SMILES string of the molecule is CCc1cnc(N2CCC(n3cc(F)c4c(Nc5ccc(C(=O)NCCNC(=O)OC(C)(C)C)cc5F)ncnc43)CC2)nc1. The lowest BCUT2D eigenvalue weighted by molar-refractivity contribution is 0.0526. The van der Waals surface area contributed by atoms with Gasteiger partial charge in [-0.1, -0.05) is 6.92 Å². The Hall–Kier alpha value is -4.88. The summed E-state index contributed by atoms with van der Waals surface area (Å²) in [7, 11) is 0. The zero-order chi connectivity index (χ0) is 32.1. The predicted octanol–water partition coefficient (Wildman–Crippen LogP) is 4.90. The van der Waals surface area contributed by atoms with Gasteiger partial charge in [0, 0.05) is 56.4 Å². The van der Waals surface area contributed by atoms with E-state index in [1.807, 2.05) is 17.0 Å². The Morgan fingerprint density at radius 1 is 1.00 bits per heavy atom. The highest BCUT2D eigenvalue weighted by atomic mass is 19.1. The number of hydrogen-bond donors (Lipinski definition) is 3. The second kappa shape index (κ2) is 13.4. The fraction of sp³-hybridized carbons (Fsp3) is 0.419. The topological polar surface area (TPSA) is 139 Å². The van der Waals surface area contributed by atoms with Crippen LogP contribution in [0.2, 0.25) is 0 Å². The molecule has 12 nitrogen and oxygen atoms in total. The third-order valence-corrected chi connectivity index (χ3v) is 7.37. The molecule has 1 aliphatic heterocycles. The van der Waals surface area contributed by atoms with Gasteiger partial charge >= 0.3 is 6.09 Å². The molecule has 0 spiro atoms. The van der Waals surface area contributed by atoms with Gasteiger partial charge in [-0.25, -0.2) is 33.5 Å². The molecule has 3 aromatic heterocycles. The minimum Gasteiger partial charge on any atom is -0.444 e. The summed E-state index contributed by atoms with van der Waals surface area (Å²) in [5.74, 6) is -0.964. The molecule has 1 aromatic carbocycles. The van der Waals surface area contributed by atoms with Crippen molar-refractivity contribution in [3.8, 4) is 0 Å². The molecule has 1 fully saturated rings. The molecule has 1 saturated heterocycles. The lowest BCUT2D eigenvalue weighted by Crippen LogP contribution is -2.37. The van der Waals surface area contributed by atoms with Gasteiger partial charge < -0.3 is 30.2 Å². The highest BCUT2D eigenvalue weighted by molar-refractivity contribution is 5.95. The monoisotopic (exact) mass is 621 g/mol. The number of nitrogens with zero attached hydrogens (tertiary/aromatic N) is 6. The predicted molar refractivity (Wildman–Crippen MR) is 166 cm³/mol. The van der Waals surface area contributed by atoms with Crippen LogP contribution in [0.15, 0.2) is 43.1 Å². The molecule has 0 aliphatic carbocycles. The highest BCUT2D eigenvalue weighted by Crippen LogP contribution is 2.33. The van der Waals surface area contributed by atoms with Crippen LogP contribution in [-0.2, 0) is 11.2 Å². The first-order valence-corrected chi connectivity index (χ1v) is 14.9. The average Bonchev–Trinajstić information content (AvgIpc) is 3.36. The second-order valence-electron chi connectivity index (χ2n) is 11.8. The maximum Gasteiger partial charge on any atom is 0.407 e. The van der Waals surface area contributed by atoms with E-state index in [1.165, 1.54) is 24.7 Å². The molecule has 4 aromatic rings. The van der Waals surface area contributed by atoms with Crippen molar-refractivity contribution in [2.75, 3.05) is 36.4 Å². The Labute approximate surface area is 259 Å². The lowest BCUT2D eigenvalue weighted by atomic mass is 10.1. The van der Waals surface area contributed by atoms with Gasteiger partial charge in [-0.3, -0.25) is 4.79 Å². The van der Waals surface area contributed by atoms with Gasteiger partial charge in [0.25, 0.3) is 5.91 Å². The molecule has 45 heavy (non-hydrogen) atoms. The molecule has 3 N–H and O–H groups in total. The molecule has 0 radical (unpaired) electrons. The van der Waals surface area contributed by atoms with Gasteiger partial charge in [0.15, 0.2) is 5.82 Å². The number of aromatic nitrogens is 5. The largest absolute Gasteiger partial charge is 0.444 e. The number of carbonyl (C=O) groups is 2. The second-order valence-corrected chi connectivity index (χ2v) is 11.8. The number of fused-ring (bicyclic) bond motifs is 1. The van der Waals surface area contributed by atoms with Crippen LogP contribution in [0, 0.1) is 11.6 Å². The standard InChI is InChI=1S/C31H37F2N9O3/c1-5-19-15-36-29(37-16-19)41-12-8-21(9-13-41)42-17-23(33)25-26(38-18-39-27(25)42)40-24-7-6-20(14-22(24)32)28(43)34-10-11-35-30(44)45-31(2,3)4/h6-7,14-18,21H,5,8-13H2,1-4H3,(H,34,43)(H,35,44)(H,38,39,40). The number of alkyl carbamates (subject to hydrolysis) is 1. The summed E-state index contributed by atoms with van der Waals surface area (Å²) in [5.41, 5.74) is 0.953. The Bertz CT molecular complexity index is 1660. The third kappa shape index (κ3) is 7.62. The van der Waals surface area contributed by atoms with E-state index in [0.29, 0.717) is 24.7 Å². The number of benzene rings is 1. The quantitative estimate of drug-likeness (QED) is 0.223. The molecule has 238 valence electrons. The maximum absolute atomic E-state index is 15.3. The molecule has 14 heteroatoms. The van der Waals surface area contributed by atoms with E-state index in [1.54, 1.807) is 20.8 Å². The molecule has 0 saturated carbocycles. The first-order valence-electron chi connectivity index (χ1n) is 14.9. The molecular weight excluding hydrogens is 584 g/mol. The number of piperidine rings is 1. The normalized spacial score (nSPS) is 14.0. The fourth-order valence-electron chi connectivity index (χ4n) is 5.09. The van der Waals surface area contributed by atoms with Gasteiger partial charge in [0.1, 0.15) is 29.2 Å². The van der Waals surface area contributed by atoms with Gasteiger partial charge in [0.05, 0.1) is 11.1 Å². The molecular formula is C31H37F2N9O3. The van der Waals surface area contributed by atoms with E-state index in [-0.39, 0.29) is 41.6 Å². The summed E-state index contributed by atoms with van der Waals surface area (Å²) in [5, 5.41) is 8.16. The maximum atomic E-state index is 15.3. The number of amides is 2. The van der Waals surface area contributed by atoms with Crippen LogP contribution in [-0.4, -0.2) is 68.3 Å². The Morgan fingerprint density at radius 3 is 2.38 bits per heavy atom. The number of nitrogens with one attached hydrogen (secondary N) is 3. The molecule has 5 rings (SSSR count). The Balaban J connectivity index is 1.22. The first-order chi connectivity index (χ1) is 21.5.